The summed E-state index contributed by atoms with van der Waals surface area (Å²) in [5, 5.41) is 0. The maximum Gasteiger partial charge on any atom is 0.128 e. The molecule has 1 aromatic heterocycles. The SMILES string of the molecule is C=C(C)CN(CC)c1ccc(CN)cn1. The van der Waals surface area contributed by atoms with Crippen LogP contribution in [0.4, 0.5) is 5.82 Å². The summed E-state index contributed by atoms with van der Waals surface area (Å²) in [6.07, 6.45) is 1.83. The van der Waals surface area contributed by atoms with Crippen molar-refractivity contribution in [1.82, 2.24) is 4.98 Å². The number of pyridine rings is 1. The number of aromatic nitrogens is 1. The number of nitrogens with two attached hydrogens (primary N) is 1. The third-order valence-corrected chi connectivity index (χ3v) is 2.21. The monoisotopic (exact) mass is 205 g/mol. The van der Waals surface area contributed by atoms with Crippen molar-refractivity contribution < 1.29 is 0 Å². The predicted molar refractivity (Wildman–Crippen MR) is 64.8 cm³/mol. The van der Waals surface area contributed by atoms with E-state index in [9.17, 15) is 0 Å². The van der Waals surface area contributed by atoms with Crippen molar-refractivity contribution in [1.29, 1.82) is 0 Å². The zero-order valence-corrected chi connectivity index (χ0v) is 9.53. The minimum atomic E-state index is 0.542. The Morgan fingerprint density at radius 2 is 2.27 bits per heavy atom. The van der Waals surface area contributed by atoms with Gasteiger partial charge in [0.15, 0.2) is 0 Å². The van der Waals surface area contributed by atoms with Gasteiger partial charge in [-0.2, -0.15) is 0 Å². The Kier molecular flexibility index (Phi) is 4.31. The van der Waals surface area contributed by atoms with Crippen molar-refractivity contribution >= 4 is 5.82 Å². The minimum Gasteiger partial charge on any atom is -0.353 e. The quantitative estimate of drug-likeness (QED) is 0.747. The molecule has 15 heavy (non-hydrogen) atoms. The van der Waals surface area contributed by atoms with Crippen molar-refractivity contribution in [3.8, 4) is 0 Å². The van der Waals surface area contributed by atoms with Crippen molar-refractivity contribution in [3.05, 3.63) is 36.0 Å². The van der Waals surface area contributed by atoms with Crippen LogP contribution < -0.4 is 10.6 Å². The van der Waals surface area contributed by atoms with E-state index in [4.69, 9.17) is 5.73 Å². The van der Waals surface area contributed by atoms with Crippen LogP contribution in [0.1, 0.15) is 19.4 Å². The summed E-state index contributed by atoms with van der Waals surface area (Å²) in [5.74, 6) is 0.984. The largest absolute Gasteiger partial charge is 0.353 e. The first-order valence-electron chi connectivity index (χ1n) is 5.21. The molecule has 1 aromatic rings. The highest BCUT2D eigenvalue weighted by molar-refractivity contribution is 5.40. The molecule has 82 valence electrons. The molecule has 0 spiro atoms. The maximum absolute atomic E-state index is 5.52. The van der Waals surface area contributed by atoms with Gasteiger partial charge in [0.2, 0.25) is 0 Å². The van der Waals surface area contributed by atoms with Gasteiger partial charge in [-0.1, -0.05) is 18.2 Å². The van der Waals surface area contributed by atoms with Gasteiger partial charge in [0.25, 0.3) is 0 Å². The number of likely N-dealkylation sites (N-methyl/N-ethyl adjacent to an activating group) is 1. The van der Waals surface area contributed by atoms with Crippen molar-refractivity contribution in [2.75, 3.05) is 18.0 Å². The predicted octanol–water partition coefficient (Wildman–Crippen LogP) is 1.94. The molecule has 0 aliphatic heterocycles. The zero-order valence-electron chi connectivity index (χ0n) is 9.53. The van der Waals surface area contributed by atoms with Crippen LogP contribution in [0.3, 0.4) is 0 Å². The number of rotatable bonds is 5. The van der Waals surface area contributed by atoms with Crippen LogP contribution in [0.2, 0.25) is 0 Å². The first kappa shape index (κ1) is 11.7. The van der Waals surface area contributed by atoms with E-state index >= 15 is 0 Å². The molecule has 0 bridgehead atoms. The summed E-state index contributed by atoms with van der Waals surface area (Å²) < 4.78 is 0. The molecule has 0 saturated heterocycles. The standard InChI is InChI=1S/C12H19N3/c1-4-15(9-10(2)3)12-6-5-11(7-13)8-14-12/h5-6,8H,2,4,7,9,13H2,1,3H3. The lowest BCUT2D eigenvalue weighted by Gasteiger charge is -2.21. The number of anilines is 1. The van der Waals surface area contributed by atoms with E-state index in [2.05, 4.69) is 23.4 Å². The molecule has 0 unspecified atom stereocenters. The van der Waals surface area contributed by atoms with E-state index in [0.717, 1.165) is 30.0 Å². The smallest absolute Gasteiger partial charge is 0.128 e. The highest BCUT2D eigenvalue weighted by atomic mass is 15.2. The van der Waals surface area contributed by atoms with E-state index in [-0.39, 0.29) is 0 Å². The van der Waals surface area contributed by atoms with E-state index in [1.807, 2.05) is 25.3 Å². The third kappa shape index (κ3) is 3.36. The third-order valence-electron chi connectivity index (χ3n) is 2.21. The molecule has 2 N–H and O–H groups in total. The lowest BCUT2D eigenvalue weighted by molar-refractivity contribution is 0.856. The molecule has 3 heteroatoms. The molecule has 3 nitrogen and oxygen atoms in total. The van der Waals surface area contributed by atoms with Gasteiger partial charge in [-0.25, -0.2) is 4.98 Å². The van der Waals surface area contributed by atoms with Gasteiger partial charge >= 0.3 is 0 Å². The highest BCUT2D eigenvalue weighted by Crippen LogP contribution is 2.12. The Hall–Kier alpha value is -1.35. The van der Waals surface area contributed by atoms with Crippen LogP contribution >= 0.6 is 0 Å². The van der Waals surface area contributed by atoms with Gasteiger partial charge in [0.1, 0.15) is 5.82 Å². The summed E-state index contributed by atoms with van der Waals surface area (Å²) in [6.45, 7) is 10.4. The first-order chi connectivity index (χ1) is 7.17. The van der Waals surface area contributed by atoms with Crippen LogP contribution in [-0.4, -0.2) is 18.1 Å². The Morgan fingerprint density at radius 1 is 1.53 bits per heavy atom. The molecule has 0 aromatic carbocycles. The molecule has 0 radical (unpaired) electrons. The average Bonchev–Trinajstić information content (AvgIpc) is 2.26. The van der Waals surface area contributed by atoms with Gasteiger partial charge in [0.05, 0.1) is 0 Å². The summed E-state index contributed by atoms with van der Waals surface area (Å²) >= 11 is 0. The summed E-state index contributed by atoms with van der Waals surface area (Å²) in [7, 11) is 0. The summed E-state index contributed by atoms with van der Waals surface area (Å²) in [4.78, 5) is 6.56. The summed E-state index contributed by atoms with van der Waals surface area (Å²) in [6, 6.07) is 4.03. The zero-order chi connectivity index (χ0) is 11.3. The fourth-order valence-corrected chi connectivity index (χ4v) is 1.41. The topological polar surface area (TPSA) is 42.1 Å². The second-order valence-corrected chi connectivity index (χ2v) is 3.70. The van der Waals surface area contributed by atoms with Crippen molar-refractivity contribution in [3.63, 3.8) is 0 Å². The molecule has 0 saturated carbocycles. The minimum absolute atomic E-state index is 0.542. The molecule has 0 atom stereocenters. The van der Waals surface area contributed by atoms with E-state index in [0.29, 0.717) is 6.54 Å². The molecular weight excluding hydrogens is 186 g/mol. The number of hydrogen-bond donors (Lipinski definition) is 1. The van der Waals surface area contributed by atoms with Gasteiger partial charge in [0, 0.05) is 25.8 Å². The fraction of sp³-hybridized carbons (Fsp3) is 0.417. The van der Waals surface area contributed by atoms with E-state index in [1.165, 1.54) is 0 Å². The molecule has 1 rings (SSSR count). The molecule has 0 aliphatic rings. The van der Waals surface area contributed by atoms with Crippen LogP contribution in [0, 0.1) is 0 Å². The molecule has 1 heterocycles. The fourth-order valence-electron chi connectivity index (χ4n) is 1.41. The first-order valence-corrected chi connectivity index (χ1v) is 5.21. The van der Waals surface area contributed by atoms with Crippen LogP contribution in [0.15, 0.2) is 30.5 Å². The summed E-state index contributed by atoms with van der Waals surface area (Å²) in [5.41, 5.74) is 7.72. The highest BCUT2D eigenvalue weighted by Gasteiger charge is 2.04. The van der Waals surface area contributed by atoms with Crippen molar-refractivity contribution in [2.24, 2.45) is 5.73 Å². The second-order valence-electron chi connectivity index (χ2n) is 3.70. The van der Waals surface area contributed by atoms with E-state index < -0.39 is 0 Å². The van der Waals surface area contributed by atoms with Crippen LogP contribution in [0.5, 0.6) is 0 Å². The van der Waals surface area contributed by atoms with Gasteiger partial charge in [-0.3, -0.25) is 0 Å². The molecule has 0 aliphatic carbocycles. The molecule has 0 amide bonds. The second kappa shape index (κ2) is 5.51. The van der Waals surface area contributed by atoms with E-state index in [1.54, 1.807) is 0 Å². The Balaban J connectivity index is 2.78. The van der Waals surface area contributed by atoms with Gasteiger partial charge in [-0.05, 0) is 25.5 Å². The Labute approximate surface area is 91.6 Å². The average molecular weight is 205 g/mol. The van der Waals surface area contributed by atoms with Gasteiger partial charge < -0.3 is 10.6 Å². The van der Waals surface area contributed by atoms with Crippen LogP contribution in [-0.2, 0) is 6.54 Å². The van der Waals surface area contributed by atoms with Crippen molar-refractivity contribution in [2.45, 2.75) is 20.4 Å². The maximum atomic E-state index is 5.52. The number of hydrogen-bond acceptors (Lipinski definition) is 3. The van der Waals surface area contributed by atoms with Crippen LogP contribution in [0.25, 0.3) is 0 Å². The molecular formula is C12H19N3. The normalized spacial score (nSPS) is 10.1. The number of nitrogens with zero attached hydrogens (tertiary/aromatic N) is 2. The van der Waals surface area contributed by atoms with Gasteiger partial charge in [-0.15, -0.1) is 0 Å². The Morgan fingerprint density at radius 3 is 2.67 bits per heavy atom. The lowest BCUT2D eigenvalue weighted by atomic mass is 10.2. The lowest BCUT2D eigenvalue weighted by Crippen LogP contribution is -2.25. The Bertz CT molecular complexity index is 316. The molecule has 0 fully saturated rings.